The van der Waals surface area contributed by atoms with E-state index in [-0.39, 0.29) is 12.6 Å². The molecule has 1 atom stereocenters. The summed E-state index contributed by atoms with van der Waals surface area (Å²) >= 11 is 0. The second kappa shape index (κ2) is 3.32. The van der Waals surface area contributed by atoms with Gasteiger partial charge in [-0.1, -0.05) is 0 Å². The molecule has 11 heavy (non-hydrogen) atoms. The number of anilines is 1. The third-order valence-corrected chi connectivity index (χ3v) is 1.41. The summed E-state index contributed by atoms with van der Waals surface area (Å²) in [5.74, 6) is 0. The highest BCUT2D eigenvalue weighted by molar-refractivity contribution is 5.37. The molecule has 0 radical (unpaired) electrons. The van der Waals surface area contributed by atoms with Gasteiger partial charge < -0.3 is 16.6 Å². The number of aliphatic hydroxyl groups is 1. The zero-order valence-electron chi connectivity index (χ0n) is 6.07. The minimum atomic E-state index is -0.383. The highest BCUT2D eigenvalue weighted by atomic mass is 16.3. The third-order valence-electron chi connectivity index (χ3n) is 1.41. The Morgan fingerprint density at radius 3 is 2.82 bits per heavy atom. The summed E-state index contributed by atoms with van der Waals surface area (Å²) in [5.41, 5.74) is 12.3. The monoisotopic (exact) mass is 153 g/mol. The summed E-state index contributed by atoms with van der Waals surface area (Å²) in [6, 6.07) is 1.32. The topological polar surface area (TPSA) is 85.2 Å². The normalized spacial score (nSPS) is 12.9. The highest BCUT2D eigenvalue weighted by Gasteiger charge is 2.03. The summed E-state index contributed by atoms with van der Waals surface area (Å²) in [5, 5.41) is 8.69. The molecule has 1 rings (SSSR count). The highest BCUT2D eigenvalue weighted by Crippen LogP contribution is 2.10. The lowest BCUT2D eigenvalue weighted by atomic mass is 10.1. The van der Waals surface area contributed by atoms with Gasteiger partial charge in [-0.05, 0) is 11.6 Å². The molecule has 60 valence electrons. The van der Waals surface area contributed by atoms with E-state index in [1.54, 1.807) is 12.3 Å². The van der Waals surface area contributed by atoms with Crippen LogP contribution in [0.15, 0.2) is 18.5 Å². The quantitative estimate of drug-likeness (QED) is 0.542. The van der Waals surface area contributed by atoms with Gasteiger partial charge in [-0.3, -0.25) is 4.98 Å². The summed E-state index contributed by atoms with van der Waals surface area (Å²) in [6.07, 6.45) is 3.13. The Labute approximate surface area is 64.9 Å². The van der Waals surface area contributed by atoms with Crippen LogP contribution in [0, 0.1) is 0 Å². The van der Waals surface area contributed by atoms with E-state index in [4.69, 9.17) is 16.6 Å². The molecular weight excluding hydrogens is 142 g/mol. The van der Waals surface area contributed by atoms with E-state index in [9.17, 15) is 0 Å². The molecule has 1 aromatic rings. The molecule has 0 bridgehead atoms. The summed E-state index contributed by atoms with van der Waals surface area (Å²) in [7, 11) is 0. The fourth-order valence-electron chi connectivity index (χ4n) is 0.785. The second-order valence-corrected chi connectivity index (χ2v) is 2.34. The van der Waals surface area contributed by atoms with E-state index in [1.807, 2.05) is 0 Å². The summed E-state index contributed by atoms with van der Waals surface area (Å²) in [4.78, 5) is 3.84. The molecule has 4 nitrogen and oxygen atoms in total. The molecule has 0 saturated heterocycles. The van der Waals surface area contributed by atoms with Crippen LogP contribution in [-0.4, -0.2) is 16.7 Å². The van der Waals surface area contributed by atoms with Crippen LogP contribution in [0.1, 0.15) is 11.6 Å². The van der Waals surface area contributed by atoms with E-state index in [0.29, 0.717) is 5.69 Å². The molecule has 0 fully saturated rings. The molecule has 0 aliphatic rings. The number of nitrogens with two attached hydrogens (primary N) is 2. The van der Waals surface area contributed by atoms with Gasteiger partial charge in [-0.25, -0.2) is 0 Å². The van der Waals surface area contributed by atoms with E-state index < -0.39 is 0 Å². The van der Waals surface area contributed by atoms with E-state index in [1.165, 1.54) is 6.20 Å². The predicted molar refractivity (Wildman–Crippen MR) is 42.7 cm³/mol. The Morgan fingerprint density at radius 1 is 1.55 bits per heavy atom. The molecule has 1 aromatic heterocycles. The maximum absolute atomic E-state index is 8.69. The molecule has 0 saturated carbocycles. The lowest BCUT2D eigenvalue weighted by molar-refractivity contribution is 0.268. The van der Waals surface area contributed by atoms with Crippen molar-refractivity contribution in [2.45, 2.75) is 6.04 Å². The Morgan fingerprint density at radius 2 is 2.27 bits per heavy atom. The zero-order chi connectivity index (χ0) is 8.27. The first kappa shape index (κ1) is 7.97. The van der Waals surface area contributed by atoms with Gasteiger partial charge in [0.15, 0.2) is 0 Å². The van der Waals surface area contributed by atoms with Crippen molar-refractivity contribution in [2.75, 3.05) is 12.3 Å². The van der Waals surface area contributed by atoms with Crippen LogP contribution in [0.25, 0.3) is 0 Å². The lowest BCUT2D eigenvalue weighted by Gasteiger charge is -2.07. The average molecular weight is 153 g/mol. The van der Waals surface area contributed by atoms with Gasteiger partial charge in [-0.15, -0.1) is 0 Å². The SMILES string of the molecule is Nc1cncc([C@H](N)CO)c1. The standard InChI is InChI=1S/C7H11N3O/c8-6-1-5(2-10-3-6)7(9)4-11/h1-3,7,11H,4,8-9H2/t7-/m1/s1. The molecule has 0 aliphatic carbocycles. The van der Waals surface area contributed by atoms with Crippen molar-refractivity contribution in [2.24, 2.45) is 5.73 Å². The smallest absolute Gasteiger partial charge is 0.0624 e. The number of nitrogens with zero attached hydrogens (tertiary/aromatic N) is 1. The van der Waals surface area contributed by atoms with E-state index in [0.717, 1.165) is 5.56 Å². The van der Waals surface area contributed by atoms with Crippen LogP contribution in [0.5, 0.6) is 0 Å². The molecule has 5 N–H and O–H groups in total. The van der Waals surface area contributed by atoms with Crippen molar-refractivity contribution in [1.29, 1.82) is 0 Å². The zero-order valence-corrected chi connectivity index (χ0v) is 6.07. The first-order chi connectivity index (χ1) is 5.24. The van der Waals surface area contributed by atoms with Crippen LogP contribution in [0.2, 0.25) is 0 Å². The van der Waals surface area contributed by atoms with E-state index in [2.05, 4.69) is 4.98 Å². The Balaban J connectivity index is 2.86. The van der Waals surface area contributed by atoms with Gasteiger partial charge in [0.2, 0.25) is 0 Å². The maximum Gasteiger partial charge on any atom is 0.0624 e. The Kier molecular flexibility index (Phi) is 2.40. The van der Waals surface area contributed by atoms with Crippen molar-refractivity contribution in [3.8, 4) is 0 Å². The van der Waals surface area contributed by atoms with Crippen molar-refractivity contribution in [1.82, 2.24) is 4.98 Å². The molecule has 1 heterocycles. The molecule has 0 amide bonds. The van der Waals surface area contributed by atoms with Crippen LogP contribution < -0.4 is 11.5 Å². The predicted octanol–water partition coefficient (Wildman–Crippen LogP) is -0.344. The Hall–Kier alpha value is -1.13. The van der Waals surface area contributed by atoms with Gasteiger partial charge in [0.25, 0.3) is 0 Å². The number of nitrogen functional groups attached to an aromatic ring is 1. The molecule has 0 spiro atoms. The molecule has 0 aromatic carbocycles. The fraction of sp³-hybridized carbons (Fsp3) is 0.286. The number of pyridine rings is 1. The maximum atomic E-state index is 8.69. The number of hydrogen-bond acceptors (Lipinski definition) is 4. The minimum absolute atomic E-state index is 0.0921. The van der Waals surface area contributed by atoms with Crippen molar-refractivity contribution < 1.29 is 5.11 Å². The number of hydrogen-bond donors (Lipinski definition) is 3. The number of aromatic nitrogens is 1. The van der Waals surface area contributed by atoms with Crippen LogP contribution in [0.4, 0.5) is 5.69 Å². The third kappa shape index (κ3) is 1.89. The van der Waals surface area contributed by atoms with Crippen LogP contribution >= 0.6 is 0 Å². The van der Waals surface area contributed by atoms with Crippen LogP contribution in [-0.2, 0) is 0 Å². The van der Waals surface area contributed by atoms with Crippen molar-refractivity contribution >= 4 is 5.69 Å². The van der Waals surface area contributed by atoms with Crippen molar-refractivity contribution in [3.05, 3.63) is 24.0 Å². The van der Waals surface area contributed by atoms with Gasteiger partial charge in [0, 0.05) is 12.4 Å². The fourth-order valence-corrected chi connectivity index (χ4v) is 0.785. The summed E-state index contributed by atoms with van der Waals surface area (Å²) < 4.78 is 0. The second-order valence-electron chi connectivity index (χ2n) is 2.34. The molecule has 0 unspecified atom stereocenters. The van der Waals surface area contributed by atoms with Gasteiger partial charge in [0.05, 0.1) is 18.3 Å². The van der Waals surface area contributed by atoms with Gasteiger partial charge in [0.1, 0.15) is 0 Å². The first-order valence-electron chi connectivity index (χ1n) is 3.31. The Bertz CT molecular complexity index is 239. The first-order valence-corrected chi connectivity index (χ1v) is 3.31. The largest absolute Gasteiger partial charge is 0.397 e. The summed E-state index contributed by atoms with van der Waals surface area (Å²) in [6.45, 7) is -0.0921. The average Bonchev–Trinajstić information content (AvgIpc) is 2.03. The van der Waals surface area contributed by atoms with Gasteiger partial charge >= 0.3 is 0 Å². The van der Waals surface area contributed by atoms with Gasteiger partial charge in [-0.2, -0.15) is 0 Å². The lowest BCUT2D eigenvalue weighted by Crippen LogP contribution is -2.14. The molecule has 0 aliphatic heterocycles. The number of aliphatic hydroxyl groups excluding tert-OH is 1. The number of rotatable bonds is 2. The molecule has 4 heteroatoms. The minimum Gasteiger partial charge on any atom is -0.397 e. The molecular formula is C7H11N3O. The van der Waals surface area contributed by atoms with Crippen LogP contribution in [0.3, 0.4) is 0 Å². The van der Waals surface area contributed by atoms with E-state index >= 15 is 0 Å². The van der Waals surface area contributed by atoms with Crippen molar-refractivity contribution in [3.63, 3.8) is 0 Å².